The first-order valence-corrected chi connectivity index (χ1v) is 13.7. The molecule has 2 fully saturated rings. The number of carbonyl (C=O) groups excluding carboxylic acids is 1. The van der Waals surface area contributed by atoms with Crippen LogP contribution in [-0.4, -0.2) is 22.6 Å². The Morgan fingerprint density at radius 3 is 2.44 bits per heavy atom. The Labute approximate surface area is 230 Å². The second-order valence-corrected chi connectivity index (χ2v) is 11.3. The molecule has 202 valence electrons. The third kappa shape index (κ3) is 6.62. The molecule has 1 amide bonds. The van der Waals surface area contributed by atoms with Crippen LogP contribution in [0.25, 0.3) is 16.7 Å². The molecule has 0 saturated heterocycles. The van der Waals surface area contributed by atoms with Crippen LogP contribution in [0.5, 0.6) is 0 Å². The summed E-state index contributed by atoms with van der Waals surface area (Å²) in [4.78, 5) is 19.4. The van der Waals surface area contributed by atoms with Gasteiger partial charge in [-0.1, -0.05) is 73.8 Å². The molecule has 2 aliphatic rings. The molecule has 5 nitrogen and oxygen atoms in total. The predicted octanol–water partition coefficient (Wildman–Crippen LogP) is 8.31. The Bertz CT molecular complexity index is 1400. The Hall–Kier alpha value is -3.80. The van der Waals surface area contributed by atoms with Gasteiger partial charge in [-0.25, -0.2) is 4.39 Å². The van der Waals surface area contributed by atoms with Crippen molar-refractivity contribution in [2.75, 3.05) is 11.4 Å². The molecule has 0 atom stereocenters. The van der Waals surface area contributed by atoms with Crippen LogP contribution in [0.4, 0.5) is 10.1 Å². The van der Waals surface area contributed by atoms with Gasteiger partial charge in [-0.2, -0.15) is 4.98 Å². The summed E-state index contributed by atoms with van der Waals surface area (Å²) in [5.41, 5.74) is 6.17. The van der Waals surface area contributed by atoms with Crippen molar-refractivity contribution in [3.8, 4) is 11.1 Å². The van der Waals surface area contributed by atoms with E-state index in [1.807, 2.05) is 24.3 Å². The number of amides is 1. The number of hydrogen-bond acceptors (Lipinski definition) is 4. The average Bonchev–Trinajstić information content (AvgIpc) is 3.88. The van der Waals surface area contributed by atoms with Crippen molar-refractivity contribution < 1.29 is 13.7 Å². The van der Waals surface area contributed by atoms with Gasteiger partial charge in [0, 0.05) is 36.6 Å². The first-order valence-electron chi connectivity index (χ1n) is 13.7. The maximum Gasteiger partial charge on any atom is 0.253 e. The van der Waals surface area contributed by atoms with Crippen LogP contribution in [0.15, 0.2) is 84.2 Å². The molecular weight excluding hydrogens is 489 g/mol. The predicted molar refractivity (Wildman–Crippen MR) is 154 cm³/mol. The molecule has 1 heterocycles. The Morgan fingerprint density at radius 1 is 1.03 bits per heavy atom. The first kappa shape index (κ1) is 26.8. The van der Waals surface area contributed by atoms with Gasteiger partial charge in [-0.3, -0.25) is 4.79 Å². The number of benzene rings is 2. The van der Waals surface area contributed by atoms with Crippen molar-refractivity contribution in [1.29, 1.82) is 0 Å². The summed E-state index contributed by atoms with van der Waals surface area (Å²) in [5, 5.41) is 4.07. The van der Waals surface area contributed by atoms with E-state index in [0.717, 1.165) is 46.6 Å². The number of rotatable bonds is 13. The van der Waals surface area contributed by atoms with Crippen molar-refractivity contribution in [1.82, 2.24) is 10.1 Å². The van der Waals surface area contributed by atoms with Crippen LogP contribution in [0.1, 0.15) is 81.5 Å². The summed E-state index contributed by atoms with van der Waals surface area (Å²) >= 11 is 0. The van der Waals surface area contributed by atoms with E-state index in [9.17, 15) is 9.18 Å². The van der Waals surface area contributed by atoms with E-state index >= 15 is 0 Å². The molecule has 2 saturated carbocycles. The highest BCUT2D eigenvalue weighted by molar-refractivity contribution is 5.94. The van der Waals surface area contributed by atoms with Crippen LogP contribution in [0, 0.1) is 0 Å². The molecule has 3 aromatic rings. The standard InChI is InChI=1S/C33H36FN3O2/c1-22(8-9-23(2)32-35-31(36-39-32)26-11-12-26)21-37(30(38)17-10-24(3)34)29-7-5-6-27(20-29)25-13-15-28(16-14-25)33(4)18-19-33/h5-7,13-16,20,26H,1-3,8-12,17-19,21H2,4H3. The SMILES string of the molecule is C=C(F)CCC(=O)N(CC(=C)CCC(=C)c1nc(C2CC2)no1)c1cccc(-c2ccc(C3(C)CC3)cc2)c1. The summed E-state index contributed by atoms with van der Waals surface area (Å²) in [7, 11) is 0. The lowest BCUT2D eigenvalue weighted by molar-refractivity contribution is -0.118. The van der Waals surface area contributed by atoms with Crippen molar-refractivity contribution in [3.63, 3.8) is 0 Å². The number of carbonyl (C=O) groups is 1. The maximum atomic E-state index is 13.4. The first-order chi connectivity index (χ1) is 18.7. The lowest BCUT2D eigenvalue weighted by Gasteiger charge is -2.25. The number of hydrogen-bond donors (Lipinski definition) is 0. The van der Waals surface area contributed by atoms with Crippen LogP contribution in [0.2, 0.25) is 0 Å². The van der Waals surface area contributed by atoms with Crippen LogP contribution >= 0.6 is 0 Å². The summed E-state index contributed by atoms with van der Waals surface area (Å²) in [6.07, 6.45) is 5.92. The Balaban J connectivity index is 1.28. The zero-order chi connectivity index (χ0) is 27.6. The number of aromatic nitrogens is 2. The van der Waals surface area contributed by atoms with Gasteiger partial charge in [0.15, 0.2) is 5.82 Å². The molecule has 0 N–H and O–H groups in total. The van der Waals surface area contributed by atoms with Gasteiger partial charge in [0.25, 0.3) is 5.89 Å². The Kier molecular flexibility index (Phi) is 7.65. The van der Waals surface area contributed by atoms with Gasteiger partial charge in [0.05, 0.1) is 5.83 Å². The quantitative estimate of drug-likeness (QED) is 0.211. The van der Waals surface area contributed by atoms with E-state index in [2.05, 4.69) is 61.1 Å². The highest BCUT2D eigenvalue weighted by atomic mass is 19.1. The molecule has 5 rings (SSSR count). The van der Waals surface area contributed by atoms with E-state index in [0.29, 0.717) is 36.6 Å². The van der Waals surface area contributed by atoms with Gasteiger partial charge in [0.1, 0.15) is 0 Å². The molecule has 2 aromatic carbocycles. The van der Waals surface area contributed by atoms with Gasteiger partial charge in [0.2, 0.25) is 5.91 Å². The molecule has 1 aromatic heterocycles. The minimum atomic E-state index is -0.498. The number of nitrogens with zero attached hydrogens (tertiary/aromatic N) is 3. The average molecular weight is 526 g/mol. The second kappa shape index (κ2) is 11.1. The topological polar surface area (TPSA) is 59.2 Å². The van der Waals surface area contributed by atoms with Gasteiger partial charge in [-0.15, -0.1) is 0 Å². The minimum absolute atomic E-state index is 0.000966. The lowest BCUT2D eigenvalue weighted by atomic mass is 9.95. The van der Waals surface area contributed by atoms with Crippen molar-refractivity contribution in [2.45, 2.75) is 69.6 Å². The summed E-state index contributed by atoms with van der Waals surface area (Å²) < 4.78 is 18.8. The fourth-order valence-electron chi connectivity index (χ4n) is 4.72. The lowest BCUT2D eigenvalue weighted by Crippen LogP contribution is -2.32. The second-order valence-electron chi connectivity index (χ2n) is 11.3. The van der Waals surface area contributed by atoms with Crippen molar-refractivity contribution in [3.05, 3.63) is 96.9 Å². The third-order valence-corrected chi connectivity index (χ3v) is 7.83. The molecule has 0 bridgehead atoms. The fraction of sp³-hybridized carbons (Fsp3) is 0.364. The normalized spacial score (nSPS) is 15.5. The fourth-order valence-corrected chi connectivity index (χ4v) is 4.72. The largest absolute Gasteiger partial charge is 0.334 e. The monoisotopic (exact) mass is 525 g/mol. The minimum Gasteiger partial charge on any atom is -0.334 e. The van der Waals surface area contributed by atoms with Gasteiger partial charge >= 0.3 is 0 Å². The van der Waals surface area contributed by atoms with Crippen LogP contribution in [0.3, 0.4) is 0 Å². The molecular formula is C33H36FN3O2. The molecule has 0 radical (unpaired) electrons. The zero-order valence-corrected chi connectivity index (χ0v) is 22.7. The summed E-state index contributed by atoms with van der Waals surface area (Å²) in [6, 6.07) is 16.6. The number of halogens is 1. The van der Waals surface area contributed by atoms with Gasteiger partial charge in [-0.05, 0) is 72.8 Å². The van der Waals surface area contributed by atoms with Crippen molar-refractivity contribution in [2.24, 2.45) is 0 Å². The summed E-state index contributed by atoms with van der Waals surface area (Å²) in [6.45, 7) is 14.3. The van der Waals surface area contributed by atoms with Crippen molar-refractivity contribution >= 4 is 17.2 Å². The Morgan fingerprint density at radius 2 is 1.77 bits per heavy atom. The number of allylic oxidation sites excluding steroid dienone is 2. The van der Waals surface area contributed by atoms with Crippen LogP contribution < -0.4 is 4.90 Å². The summed E-state index contributed by atoms with van der Waals surface area (Å²) in [5.74, 6) is 0.969. The molecule has 0 aliphatic heterocycles. The molecule has 2 aliphatic carbocycles. The van der Waals surface area contributed by atoms with Crippen LogP contribution in [-0.2, 0) is 10.2 Å². The van der Waals surface area contributed by atoms with E-state index in [1.54, 1.807) is 4.90 Å². The van der Waals surface area contributed by atoms with E-state index in [-0.39, 0.29) is 18.7 Å². The zero-order valence-electron chi connectivity index (χ0n) is 22.7. The molecule has 0 spiro atoms. The number of anilines is 1. The van der Waals surface area contributed by atoms with E-state index in [4.69, 9.17) is 4.52 Å². The highest BCUT2D eigenvalue weighted by Crippen LogP contribution is 2.47. The van der Waals surface area contributed by atoms with Gasteiger partial charge < -0.3 is 9.42 Å². The van der Waals surface area contributed by atoms with E-state index < -0.39 is 5.83 Å². The highest BCUT2D eigenvalue weighted by Gasteiger charge is 2.38. The molecule has 6 heteroatoms. The maximum absolute atomic E-state index is 13.4. The third-order valence-electron chi connectivity index (χ3n) is 7.83. The molecule has 0 unspecified atom stereocenters. The molecule has 39 heavy (non-hydrogen) atoms. The van der Waals surface area contributed by atoms with E-state index in [1.165, 1.54) is 18.4 Å². The smallest absolute Gasteiger partial charge is 0.253 e.